The number of hydrogen-bond donors (Lipinski definition) is 2. The summed E-state index contributed by atoms with van der Waals surface area (Å²) in [5.74, 6) is 0. The molecule has 110 valence electrons. The molecule has 20 heavy (non-hydrogen) atoms. The average Bonchev–Trinajstić information content (AvgIpc) is 2.50. The Morgan fingerprint density at radius 2 is 1.65 bits per heavy atom. The van der Waals surface area contributed by atoms with Gasteiger partial charge in [0.15, 0.2) is 0 Å². The third-order valence-electron chi connectivity index (χ3n) is 4.05. The second-order valence-electron chi connectivity index (χ2n) is 6.73. The topological polar surface area (TPSA) is 56.5 Å². The first kappa shape index (κ1) is 15.2. The highest BCUT2D eigenvalue weighted by Gasteiger charge is 2.51. The fourth-order valence-corrected chi connectivity index (χ4v) is 2.15. The molecule has 0 saturated carbocycles. The van der Waals surface area contributed by atoms with Crippen molar-refractivity contribution in [3.05, 3.63) is 18.2 Å². The van der Waals surface area contributed by atoms with Crippen molar-refractivity contribution < 1.29 is 9.31 Å². The maximum Gasteiger partial charge on any atom is 0.494 e. The van der Waals surface area contributed by atoms with Crippen LogP contribution in [0.25, 0.3) is 0 Å². The van der Waals surface area contributed by atoms with Crippen molar-refractivity contribution in [2.75, 3.05) is 11.1 Å². The molecule has 0 radical (unpaired) electrons. The molecule has 1 aromatic rings. The fraction of sp³-hybridized carbons (Fsp3) is 0.600. The molecule has 1 aromatic carbocycles. The molecule has 4 nitrogen and oxygen atoms in total. The Kier molecular flexibility index (Phi) is 3.78. The first-order chi connectivity index (χ1) is 9.12. The zero-order chi connectivity index (χ0) is 15.1. The average molecular weight is 276 g/mol. The number of hydrogen-bond acceptors (Lipinski definition) is 4. The van der Waals surface area contributed by atoms with Crippen LogP contribution in [0, 0.1) is 0 Å². The SMILES string of the molecule is CC(C)Nc1ccc(B2OC(C)(C)C(C)(C)O2)cc1N. The van der Waals surface area contributed by atoms with Crippen molar-refractivity contribution in [1.29, 1.82) is 0 Å². The molecule has 1 aliphatic heterocycles. The molecule has 1 heterocycles. The summed E-state index contributed by atoms with van der Waals surface area (Å²) in [5.41, 5.74) is 8.05. The van der Waals surface area contributed by atoms with Crippen LogP contribution in [0.4, 0.5) is 11.4 Å². The van der Waals surface area contributed by atoms with Gasteiger partial charge in [-0.25, -0.2) is 0 Å². The van der Waals surface area contributed by atoms with Crippen molar-refractivity contribution in [2.45, 2.75) is 58.8 Å². The number of nitrogens with two attached hydrogens (primary N) is 1. The van der Waals surface area contributed by atoms with Gasteiger partial charge >= 0.3 is 7.12 Å². The summed E-state index contributed by atoms with van der Waals surface area (Å²) < 4.78 is 12.1. The molecule has 5 heteroatoms. The Labute approximate surface area is 122 Å². The summed E-state index contributed by atoms with van der Waals surface area (Å²) >= 11 is 0. The predicted molar refractivity (Wildman–Crippen MR) is 85.3 cm³/mol. The number of nitrogens with one attached hydrogen (secondary N) is 1. The van der Waals surface area contributed by atoms with Crippen LogP contribution in [-0.2, 0) is 9.31 Å². The van der Waals surface area contributed by atoms with Gasteiger partial charge in [-0.05, 0) is 59.1 Å². The summed E-state index contributed by atoms with van der Waals surface area (Å²) in [6.45, 7) is 12.4. The number of nitrogen functional groups attached to an aromatic ring is 1. The van der Waals surface area contributed by atoms with E-state index in [0.717, 1.165) is 11.2 Å². The molecule has 0 aromatic heterocycles. The van der Waals surface area contributed by atoms with Gasteiger partial charge in [0.25, 0.3) is 0 Å². The minimum atomic E-state index is -0.365. The van der Waals surface area contributed by atoms with E-state index in [9.17, 15) is 0 Å². The monoisotopic (exact) mass is 276 g/mol. The first-order valence-corrected chi connectivity index (χ1v) is 7.14. The molecule has 0 bridgehead atoms. The van der Waals surface area contributed by atoms with Crippen LogP contribution in [-0.4, -0.2) is 24.4 Å². The second-order valence-corrected chi connectivity index (χ2v) is 6.73. The highest BCUT2D eigenvalue weighted by Crippen LogP contribution is 2.36. The van der Waals surface area contributed by atoms with E-state index in [1.54, 1.807) is 0 Å². The molecule has 1 aliphatic rings. The Bertz CT molecular complexity index is 485. The molecule has 3 N–H and O–H groups in total. The zero-order valence-electron chi connectivity index (χ0n) is 13.3. The van der Waals surface area contributed by atoms with Crippen molar-refractivity contribution >= 4 is 24.0 Å². The lowest BCUT2D eigenvalue weighted by Gasteiger charge is -2.32. The molecule has 0 amide bonds. The van der Waals surface area contributed by atoms with Crippen LogP contribution in [0.1, 0.15) is 41.5 Å². The van der Waals surface area contributed by atoms with Gasteiger partial charge in [0.05, 0.1) is 22.6 Å². The zero-order valence-corrected chi connectivity index (χ0v) is 13.3. The van der Waals surface area contributed by atoms with E-state index in [1.807, 2.05) is 45.9 Å². The molecule has 1 saturated heterocycles. The Balaban J connectivity index is 2.22. The van der Waals surface area contributed by atoms with Gasteiger partial charge in [0.2, 0.25) is 0 Å². The predicted octanol–water partition coefficient (Wildman–Crippen LogP) is 2.39. The molecule has 0 unspecified atom stereocenters. The highest BCUT2D eigenvalue weighted by molar-refractivity contribution is 6.62. The number of rotatable bonds is 3. The van der Waals surface area contributed by atoms with Crippen LogP contribution in [0.15, 0.2) is 18.2 Å². The third-order valence-corrected chi connectivity index (χ3v) is 4.05. The van der Waals surface area contributed by atoms with Crippen molar-refractivity contribution in [2.24, 2.45) is 0 Å². The highest BCUT2D eigenvalue weighted by atomic mass is 16.7. The maximum atomic E-state index is 6.10. The largest absolute Gasteiger partial charge is 0.494 e. The molecule has 0 spiro atoms. The quantitative estimate of drug-likeness (QED) is 0.657. The Hall–Kier alpha value is -1.20. The van der Waals surface area contributed by atoms with E-state index < -0.39 is 0 Å². The fourth-order valence-electron chi connectivity index (χ4n) is 2.15. The van der Waals surface area contributed by atoms with E-state index in [1.165, 1.54) is 0 Å². The van der Waals surface area contributed by atoms with E-state index in [4.69, 9.17) is 15.0 Å². The summed E-state index contributed by atoms with van der Waals surface area (Å²) in [6, 6.07) is 6.26. The third kappa shape index (κ3) is 2.79. The molecule has 1 fully saturated rings. The van der Waals surface area contributed by atoms with E-state index in [-0.39, 0.29) is 18.3 Å². The van der Waals surface area contributed by atoms with Crippen LogP contribution in [0.2, 0.25) is 0 Å². The molecule has 2 rings (SSSR count). The van der Waals surface area contributed by atoms with Gasteiger partial charge in [-0.15, -0.1) is 0 Å². The smallest absolute Gasteiger partial charge is 0.399 e. The van der Waals surface area contributed by atoms with Crippen LogP contribution in [0.3, 0.4) is 0 Å². The first-order valence-electron chi connectivity index (χ1n) is 7.14. The molecular weight excluding hydrogens is 251 g/mol. The summed E-state index contributed by atoms with van der Waals surface area (Å²) in [7, 11) is -0.365. The van der Waals surface area contributed by atoms with Gasteiger partial charge < -0.3 is 20.4 Å². The van der Waals surface area contributed by atoms with E-state index in [0.29, 0.717) is 11.7 Å². The van der Waals surface area contributed by atoms with Gasteiger partial charge in [0, 0.05) is 6.04 Å². The maximum absolute atomic E-state index is 6.10. The van der Waals surface area contributed by atoms with Gasteiger partial charge in [-0.2, -0.15) is 0 Å². The second kappa shape index (κ2) is 4.97. The van der Waals surface area contributed by atoms with Crippen LogP contribution in [0.5, 0.6) is 0 Å². The van der Waals surface area contributed by atoms with Crippen LogP contribution < -0.4 is 16.5 Å². The standard InChI is InChI=1S/C15H25BN2O2/c1-10(2)18-13-8-7-11(9-12(13)17)16-19-14(3,4)15(5,6)20-16/h7-10,18H,17H2,1-6H3. The normalized spacial score (nSPS) is 20.4. The van der Waals surface area contributed by atoms with Crippen molar-refractivity contribution in [3.63, 3.8) is 0 Å². The van der Waals surface area contributed by atoms with Gasteiger partial charge in [0.1, 0.15) is 0 Å². The van der Waals surface area contributed by atoms with Crippen molar-refractivity contribution in [1.82, 2.24) is 0 Å². The summed E-state index contributed by atoms with van der Waals surface area (Å²) in [5, 5.41) is 3.32. The number of anilines is 2. The summed E-state index contributed by atoms with van der Waals surface area (Å²) in [4.78, 5) is 0. The van der Waals surface area contributed by atoms with Gasteiger partial charge in [-0.3, -0.25) is 0 Å². The minimum Gasteiger partial charge on any atom is -0.399 e. The lowest BCUT2D eigenvalue weighted by Crippen LogP contribution is -2.41. The molecule has 0 atom stereocenters. The molecule has 0 aliphatic carbocycles. The van der Waals surface area contributed by atoms with Crippen molar-refractivity contribution in [3.8, 4) is 0 Å². The Morgan fingerprint density at radius 1 is 1.10 bits per heavy atom. The molecular formula is C15H25BN2O2. The summed E-state index contributed by atoms with van der Waals surface area (Å²) in [6.07, 6.45) is 0. The van der Waals surface area contributed by atoms with E-state index >= 15 is 0 Å². The minimum absolute atomic E-state index is 0.332. The lowest BCUT2D eigenvalue weighted by molar-refractivity contribution is 0.00578. The van der Waals surface area contributed by atoms with E-state index in [2.05, 4.69) is 19.2 Å². The Morgan fingerprint density at radius 3 is 2.10 bits per heavy atom. The lowest BCUT2D eigenvalue weighted by atomic mass is 9.79. The number of benzene rings is 1. The van der Waals surface area contributed by atoms with Gasteiger partial charge in [-0.1, -0.05) is 6.07 Å². The van der Waals surface area contributed by atoms with Crippen LogP contribution >= 0.6 is 0 Å².